The fraction of sp³-hybridized carbons (Fsp3) is 0.583. The van der Waals surface area contributed by atoms with Gasteiger partial charge in [-0.2, -0.15) is 0 Å². The first-order valence-electron chi connectivity index (χ1n) is 11.3. The Hall–Kier alpha value is -2.26. The molecule has 3 rings (SSSR count). The van der Waals surface area contributed by atoms with Crippen LogP contribution in [0.1, 0.15) is 35.6 Å². The van der Waals surface area contributed by atoms with E-state index in [2.05, 4.69) is 20.2 Å². The van der Waals surface area contributed by atoms with Crippen LogP contribution in [0.5, 0.6) is 11.5 Å². The molecule has 1 saturated heterocycles. The molecule has 32 heavy (non-hydrogen) atoms. The van der Waals surface area contributed by atoms with Crippen molar-refractivity contribution < 1.29 is 19.7 Å². The second-order valence-corrected chi connectivity index (χ2v) is 8.48. The average Bonchev–Trinajstić information content (AvgIpc) is 2.76. The van der Waals surface area contributed by atoms with E-state index in [0.29, 0.717) is 24.6 Å². The number of aliphatic hydroxyl groups is 2. The highest BCUT2D eigenvalue weighted by Crippen LogP contribution is 2.28. The standard InChI is InChI=1S/C24H36N4O4/c1-17-12-18(2)27-24(26-17)6-9-25-14-19-4-5-22(23(13-19)31-3)32-16-21(30)15-28-10-7-20(29)8-11-28/h4-5,12-13,20-21,25,29-30H,6-11,14-16H2,1-3H3. The Morgan fingerprint density at radius 3 is 2.53 bits per heavy atom. The van der Waals surface area contributed by atoms with Crippen molar-refractivity contribution in [1.82, 2.24) is 20.2 Å². The van der Waals surface area contributed by atoms with Crippen molar-refractivity contribution in [1.29, 1.82) is 0 Å². The average molecular weight is 445 g/mol. The summed E-state index contributed by atoms with van der Waals surface area (Å²) in [5.41, 5.74) is 3.07. The van der Waals surface area contributed by atoms with E-state index in [1.807, 2.05) is 38.1 Å². The summed E-state index contributed by atoms with van der Waals surface area (Å²) in [7, 11) is 1.62. The van der Waals surface area contributed by atoms with Crippen molar-refractivity contribution in [3.05, 3.63) is 47.0 Å². The number of ether oxygens (including phenoxy) is 2. The summed E-state index contributed by atoms with van der Waals surface area (Å²) < 4.78 is 11.3. The molecule has 1 aliphatic heterocycles. The van der Waals surface area contributed by atoms with Gasteiger partial charge in [-0.3, -0.25) is 0 Å². The molecule has 0 saturated carbocycles. The van der Waals surface area contributed by atoms with Gasteiger partial charge in [-0.05, 0) is 50.5 Å². The third-order valence-electron chi connectivity index (χ3n) is 5.57. The molecule has 1 atom stereocenters. The molecule has 0 bridgehead atoms. The molecule has 2 heterocycles. The Morgan fingerprint density at radius 2 is 1.84 bits per heavy atom. The quantitative estimate of drug-likeness (QED) is 0.450. The highest BCUT2D eigenvalue weighted by atomic mass is 16.5. The van der Waals surface area contributed by atoms with E-state index in [1.54, 1.807) is 7.11 Å². The van der Waals surface area contributed by atoms with Gasteiger partial charge in [0.2, 0.25) is 0 Å². The summed E-state index contributed by atoms with van der Waals surface area (Å²) in [6.07, 6.45) is 1.48. The van der Waals surface area contributed by atoms with Crippen LogP contribution in [0.15, 0.2) is 24.3 Å². The van der Waals surface area contributed by atoms with Crippen molar-refractivity contribution in [3.63, 3.8) is 0 Å². The molecule has 0 spiro atoms. The Morgan fingerprint density at radius 1 is 1.12 bits per heavy atom. The molecule has 1 unspecified atom stereocenters. The van der Waals surface area contributed by atoms with E-state index in [1.165, 1.54) is 0 Å². The predicted molar refractivity (Wildman–Crippen MR) is 123 cm³/mol. The fourth-order valence-corrected chi connectivity index (χ4v) is 3.92. The molecule has 1 aliphatic rings. The number of methoxy groups -OCH3 is 1. The molecule has 1 fully saturated rings. The SMILES string of the molecule is COc1cc(CNCCc2nc(C)cc(C)n2)ccc1OCC(O)CN1CCC(O)CC1. The van der Waals surface area contributed by atoms with Gasteiger partial charge in [-0.15, -0.1) is 0 Å². The highest BCUT2D eigenvalue weighted by Gasteiger charge is 2.20. The lowest BCUT2D eigenvalue weighted by Gasteiger charge is -2.30. The number of nitrogens with zero attached hydrogens (tertiary/aromatic N) is 3. The van der Waals surface area contributed by atoms with Crippen LogP contribution in [0.2, 0.25) is 0 Å². The molecule has 0 radical (unpaired) electrons. The minimum Gasteiger partial charge on any atom is -0.493 e. The van der Waals surface area contributed by atoms with Crippen LogP contribution >= 0.6 is 0 Å². The molecule has 8 nitrogen and oxygen atoms in total. The Kier molecular flexibility index (Phi) is 9.23. The predicted octanol–water partition coefficient (Wildman–Crippen LogP) is 1.63. The largest absolute Gasteiger partial charge is 0.493 e. The minimum atomic E-state index is -0.594. The zero-order valence-corrected chi connectivity index (χ0v) is 19.4. The van der Waals surface area contributed by atoms with E-state index in [0.717, 1.165) is 61.7 Å². The second-order valence-electron chi connectivity index (χ2n) is 8.48. The summed E-state index contributed by atoms with van der Waals surface area (Å²) in [5.74, 6) is 2.12. The lowest BCUT2D eigenvalue weighted by atomic mass is 10.1. The number of β-amino-alcohol motifs (C(OH)–C–C–N with tert-alkyl or cyclic N) is 1. The van der Waals surface area contributed by atoms with E-state index in [4.69, 9.17) is 9.47 Å². The van der Waals surface area contributed by atoms with Gasteiger partial charge < -0.3 is 29.9 Å². The van der Waals surface area contributed by atoms with Crippen LogP contribution in [0.25, 0.3) is 0 Å². The van der Waals surface area contributed by atoms with Crippen molar-refractivity contribution in [2.75, 3.05) is 39.9 Å². The van der Waals surface area contributed by atoms with Crippen molar-refractivity contribution in [2.24, 2.45) is 0 Å². The number of hydrogen-bond acceptors (Lipinski definition) is 8. The second kappa shape index (κ2) is 12.1. The number of hydrogen-bond donors (Lipinski definition) is 3. The Labute approximate surface area is 190 Å². The molecule has 1 aromatic carbocycles. The first kappa shape index (κ1) is 24.4. The summed E-state index contributed by atoms with van der Waals surface area (Å²) >= 11 is 0. The van der Waals surface area contributed by atoms with Gasteiger partial charge in [0.15, 0.2) is 11.5 Å². The Bertz CT molecular complexity index is 836. The maximum Gasteiger partial charge on any atom is 0.161 e. The van der Waals surface area contributed by atoms with Crippen LogP contribution in [0, 0.1) is 13.8 Å². The summed E-state index contributed by atoms with van der Waals surface area (Å²) in [5, 5.41) is 23.3. The number of aromatic nitrogens is 2. The number of piperidine rings is 1. The number of aliphatic hydroxyl groups excluding tert-OH is 2. The molecular weight excluding hydrogens is 408 g/mol. The van der Waals surface area contributed by atoms with Crippen molar-refractivity contribution in [2.45, 2.75) is 51.9 Å². The minimum absolute atomic E-state index is 0.197. The lowest BCUT2D eigenvalue weighted by Crippen LogP contribution is -2.41. The molecule has 2 aromatic rings. The van der Waals surface area contributed by atoms with Gasteiger partial charge in [0.05, 0.1) is 13.2 Å². The first-order chi connectivity index (χ1) is 15.4. The van der Waals surface area contributed by atoms with Crippen LogP contribution in [0.3, 0.4) is 0 Å². The smallest absolute Gasteiger partial charge is 0.161 e. The zero-order valence-electron chi connectivity index (χ0n) is 19.4. The highest BCUT2D eigenvalue weighted by molar-refractivity contribution is 5.43. The van der Waals surface area contributed by atoms with Crippen LogP contribution < -0.4 is 14.8 Å². The van der Waals surface area contributed by atoms with E-state index in [9.17, 15) is 10.2 Å². The Balaban J connectivity index is 1.43. The summed E-state index contributed by atoms with van der Waals surface area (Å²) in [6.45, 7) is 7.80. The van der Waals surface area contributed by atoms with Crippen LogP contribution in [-0.2, 0) is 13.0 Å². The number of likely N-dealkylation sites (tertiary alicyclic amines) is 1. The third kappa shape index (κ3) is 7.70. The van der Waals surface area contributed by atoms with Gasteiger partial charge in [-0.1, -0.05) is 6.07 Å². The first-order valence-corrected chi connectivity index (χ1v) is 11.3. The van der Waals surface area contributed by atoms with E-state index >= 15 is 0 Å². The van der Waals surface area contributed by atoms with Gasteiger partial charge in [0.1, 0.15) is 18.5 Å². The number of aryl methyl sites for hydroxylation is 2. The fourth-order valence-electron chi connectivity index (χ4n) is 3.92. The van der Waals surface area contributed by atoms with Crippen molar-refractivity contribution >= 4 is 0 Å². The van der Waals surface area contributed by atoms with Crippen LogP contribution in [0.4, 0.5) is 0 Å². The third-order valence-corrected chi connectivity index (χ3v) is 5.57. The molecule has 0 amide bonds. The maximum atomic E-state index is 10.3. The zero-order chi connectivity index (χ0) is 22.9. The number of nitrogens with one attached hydrogen (secondary N) is 1. The normalized spacial score (nSPS) is 16.2. The molecule has 1 aromatic heterocycles. The van der Waals surface area contributed by atoms with Gasteiger partial charge >= 0.3 is 0 Å². The maximum absolute atomic E-state index is 10.3. The van der Waals surface area contributed by atoms with Gasteiger partial charge in [-0.25, -0.2) is 9.97 Å². The lowest BCUT2D eigenvalue weighted by molar-refractivity contribution is 0.0333. The van der Waals surface area contributed by atoms with Crippen molar-refractivity contribution in [3.8, 4) is 11.5 Å². The van der Waals surface area contributed by atoms with Crippen LogP contribution in [-0.4, -0.2) is 77.2 Å². The number of rotatable bonds is 11. The molecule has 0 aliphatic carbocycles. The summed E-state index contributed by atoms with van der Waals surface area (Å²) in [4.78, 5) is 11.1. The number of benzene rings is 1. The monoisotopic (exact) mass is 444 g/mol. The van der Waals surface area contributed by atoms with Gasteiger partial charge in [0.25, 0.3) is 0 Å². The molecule has 3 N–H and O–H groups in total. The van der Waals surface area contributed by atoms with E-state index in [-0.39, 0.29) is 12.7 Å². The molecule has 8 heteroatoms. The van der Waals surface area contributed by atoms with Gasteiger partial charge in [0, 0.05) is 50.5 Å². The van der Waals surface area contributed by atoms with E-state index < -0.39 is 6.10 Å². The molecule has 176 valence electrons. The molecular formula is C24H36N4O4. The summed E-state index contributed by atoms with van der Waals surface area (Å²) in [6, 6.07) is 7.81. The topological polar surface area (TPSA) is 100.0 Å².